The molecule has 3 N–H and O–H groups in total. The minimum Gasteiger partial charge on any atom is -0.388 e. The monoisotopic (exact) mass is 274 g/mol. The van der Waals surface area contributed by atoms with Crippen molar-refractivity contribution >= 4 is 5.91 Å². The number of aliphatic hydroxyl groups is 1. The van der Waals surface area contributed by atoms with Crippen LogP contribution in [-0.4, -0.2) is 29.2 Å². The predicted molar refractivity (Wildman–Crippen MR) is 77.2 cm³/mol. The molecule has 3 rings (SSSR count). The van der Waals surface area contributed by atoms with Crippen LogP contribution in [-0.2, 0) is 17.8 Å². The van der Waals surface area contributed by atoms with Crippen molar-refractivity contribution in [1.82, 2.24) is 10.6 Å². The summed E-state index contributed by atoms with van der Waals surface area (Å²) in [5, 5.41) is 16.4. The molecule has 0 saturated heterocycles. The first-order valence-corrected chi connectivity index (χ1v) is 7.47. The fraction of sp³-hybridized carbons (Fsp3) is 0.562. The van der Waals surface area contributed by atoms with Crippen LogP contribution in [0.25, 0.3) is 0 Å². The van der Waals surface area contributed by atoms with E-state index in [0.29, 0.717) is 6.54 Å². The molecule has 0 radical (unpaired) electrons. The van der Waals surface area contributed by atoms with Crippen LogP contribution in [0.1, 0.15) is 36.8 Å². The van der Waals surface area contributed by atoms with Gasteiger partial charge in [-0.15, -0.1) is 0 Å². The van der Waals surface area contributed by atoms with Gasteiger partial charge in [0.25, 0.3) is 0 Å². The van der Waals surface area contributed by atoms with Gasteiger partial charge in [-0.1, -0.05) is 37.1 Å². The van der Waals surface area contributed by atoms with Gasteiger partial charge in [0.1, 0.15) is 0 Å². The highest BCUT2D eigenvalue weighted by molar-refractivity contribution is 5.82. The van der Waals surface area contributed by atoms with Crippen LogP contribution >= 0.6 is 0 Å². The Labute approximate surface area is 119 Å². The highest BCUT2D eigenvalue weighted by atomic mass is 16.3. The van der Waals surface area contributed by atoms with Crippen LogP contribution in [0.2, 0.25) is 0 Å². The summed E-state index contributed by atoms with van der Waals surface area (Å²) in [6.45, 7) is 1.12. The van der Waals surface area contributed by atoms with E-state index < -0.39 is 5.60 Å². The summed E-state index contributed by atoms with van der Waals surface area (Å²) in [4.78, 5) is 12.2. The van der Waals surface area contributed by atoms with Crippen LogP contribution in [0, 0.1) is 0 Å². The molecule has 0 bridgehead atoms. The lowest BCUT2D eigenvalue weighted by Gasteiger charge is -2.28. The number of carbonyl (C=O) groups is 1. The molecule has 0 aromatic heterocycles. The standard InChI is InChI=1S/C16H22N2O2/c19-15(18-11-16(20)7-3-4-8-16)14-9-12-5-1-2-6-13(12)10-17-14/h1-2,5-6,14,17,20H,3-4,7-11H2,(H,18,19). The number of rotatable bonds is 3. The summed E-state index contributed by atoms with van der Waals surface area (Å²) in [6, 6.07) is 8.03. The third-order valence-electron chi connectivity index (χ3n) is 4.52. The SMILES string of the molecule is O=C(NCC1(O)CCCC1)C1Cc2ccccc2CN1. The van der Waals surface area contributed by atoms with Gasteiger partial charge >= 0.3 is 0 Å². The number of hydrogen-bond donors (Lipinski definition) is 3. The Hall–Kier alpha value is -1.39. The normalized spacial score (nSPS) is 24.1. The van der Waals surface area contributed by atoms with E-state index in [1.54, 1.807) is 0 Å². The average Bonchev–Trinajstić information content (AvgIpc) is 2.91. The summed E-state index contributed by atoms with van der Waals surface area (Å²) in [7, 11) is 0. The lowest BCUT2D eigenvalue weighted by Crippen LogP contribution is -2.51. The maximum Gasteiger partial charge on any atom is 0.237 e. The maximum atomic E-state index is 12.2. The average molecular weight is 274 g/mol. The summed E-state index contributed by atoms with van der Waals surface area (Å²) in [5.41, 5.74) is 1.83. The number of benzene rings is 1. The number of carbonyl (C=O) groups excluding carboxylic acids is 1. The summed E-state index contributed by atoms with van der Waals surface area (Å²) < 4.78 is 0. The Bertz CT molecular complexity index is 495. The van der Waals surface area contributed by atoms with Crippen molar-refractivity contribution < 1.29 is 9.90 Å². The number of amides is 1. The van der Waals surface area contributed by atoms with Gasteiger partial charge in [0.15, 0.2) is 0 Å². The molecule has 1 unspecified atom stereocenters. The lowest BCUT2D eigenvalue weighted by molar-refractivity contribution is -0.124. The molecule has 1 aliphatic carbocycles. The Morgan fingerprint density at radius 1 is 1.30 bits per heavy atom. The Morgan fingerprint density at radius 3 is 2.75 bits per heavy atom. The molecular formula is C16H22N2O2. The maximum absolute atomic E-state index is 12.2. The molecular weight excluding hydrogens is 252 g/mol. The van der Waals surface area contributed by atoms with E-state index in [9.17, 15) is 9.90 Å². The van der Waals surface area contributed by atoms with Crippen LogP contribution in [0.4, 0.5) is 0 Å². The summed E-state index contributed by atoms with van der Waals surface area (Å²) >= 11 is 0. The van der Waals surface area contributed by atoms with Gasteiger partial charge in [-0.25, -0.2) is 0 Å². The quantitative estimate of drug-likeness (QED) is 0.774. The first-order chi connectivity index (χ1) is 9.66. The Kier molecular flexibility index (Phi) is 3.76. The van der Waals surface area contributed by atoms with E-state index in [2.05, 4.69) is 22.8 Å². The van der Waals surface area contributed by atoms with E-state index in [1.165, 1.54) is 11.1 Å². The van der Waals surface area contributed by atoms with Crippen LogP contribution in [0.3, 0.4) is 0 Å². The molecule has 4 heteroatoms. The van der Waals surface area contributed by atoms with Crippen molar-refractivity contribution in [2.45, 2.75) is 50.3 Å². The van der Waals surface area contributed by atoms with E-state index in [4.69, 9.17) is 0 Å². The van der Waals surface area contributed by atoms with Gasteiger partial charge in [-0.3, -0.25) is 4.79 Å². The van der Waals surface area contributed by atoms with E-state index in [1.807, 2.05) is 12.1 Å². The second-order valence-electron chi connectivity index (χ2n) is 6.06. The minimum absolute atomic E-state index is 0.000159. The van der Waals surface area contributed by atoms with Gasteiger partial charge in [0.05, 0.1) is 11.6 Å². The molecule has 108 valence electrons. The van der Waals surface area contributed by atoms with Gasteiger partial charge in [0, 0.05) is 13.1 Å². The summed E-state index contributed by atoms with van der Waals surface area (Å²) in [5.74, 6) is -0.000159. The first-order valence-electron chi connectivity index (χ1n) is 7.47. The van der Waals surface area contributed by atoms with E-state index >= 15 is 0 Å². The van der Waals surface area contributed by atoms with Crippen molar-refractivity contribution in [3.63, 3.8) is 0 Å². The largest absolute Gasteiger partial charge is 0.388 e. The van der Waals surface area contributed by atoms with Crippen molar-refractivity contribution in [1.29, 1.82) is 0 Å². The fourth-order valence-electron chi connectivity index (χ4n) is 3.22. The van der Waals surface area contributed by atoms with Crippen LogP contribution < -0.4 is 10.6 Å². The van der Waals surface area contributed by atoms with Crippen LogP contribution in [0.5, 0.6) is 0 Å². The zero-order valence-electron chi connectivity index (χ0n) is 11.7. The second kappa shape index (κ2) is 5.54. The molecule has 0 spiro atoms. The van der Waals surface area contributed by atoms with Crippen molar-refractivity contribution in [2.24, 2.45) is 0 Å². The van der Waals surface area contributed by atoms with Gasteiger partial charge in [-0.2, -0.15) is 0 Å². The van der Waals surface area contributed by atoms with Crippen molar-refractivity contribution in [3.05, 3.63) is 35.4 Å². The van der Waals surface area contributed by atoms with Gasteiger partial charge < -0.3 is 15.7 Å². The molecule has 2 aliphatic rings. The number of hydrogen-bond acceptors (Lipinski definition) is 3. The Balaban J connectivity index is 1.56. The topological polar surface area (TPSA) is 61.4 Å². The molecule has 1 fully saturated rings. The van der Waals surface area contributed by atoms with Gasteiger partial charge in [0.2, 0.25) is 5.91 Å². The summed E-state index contributed by atoms with van der Waals surface area (Å²) in [6.07, 6.45) is 4.44. The molecule has 4 nitrogen and oxygen atoms in total. The molecule has 1 amide bonds. The lowest BCUT2D eigenvalue weighted by atomic mass is 9.95. The third kappa shape index (κ3) is 2.86. The molecule has 1 saturated carbocycles. The van der Waals surface area contributed by atoms with E-state index in [0.717, 1.165) is 38.6 Å². The molecule has 20 heavy (non-hydrogen) atoms. The zero-order chi connectivity index (χ0) is 14.0. The molecule has 1 aromatic rings. The fourth-order valence-corrected chi connectivity index (χ4v) is 3.22. The third-order valence-corrected chi connectivity index (χ3v) is 4.52. The predicted octanol–water partition coefficient (Wildman–Crippen LogP) is 1.12. The first kappa shape index (κ1) is 13.6. The van der Waals surface area contributed by atoms with Gasteiger partial charge in [-0.05, 0) is 30.4 Å². The highest BCUT2D eigenvalue weighted by Gasteiger charge is 2.32. The molecule has 1 atom stereocenters. The number of fused-ring (bicyclic) bond motifs is 1. The van der Waals surface area contributed by atoms with Crippen molar-refractivity contribution in [3.8, 4) is 0 Å². The van der Waals surface area contributed by atoms with Crippen molar-refractivity contribution in [2.75, 3.05) is 6.54 Å². The Morgan fingerprint density at radius 2 is 2.00 bits per heavy atom. The van der Waals surface area contributed by atoms with E-state index in [-0.39, 0.29) is 11.9 Å². The highest BCUT2D eigenvalue weighted by Crippen LogP contribution is 2.28. The number of nitrogens with one attached hydrogen (secondary N) is 2. The molecule has 1 aliphatic heterocycles. The molecule has 1 heterocycles. The smallest absolute Gasteiger partial charge is 0.237 e. The van der Waals surface area contributed by atoms with Crippen LogP contribution in [0.15, 0.2) is 24.3 Å². The molecule has 1 aromatic carbocycles. The second-order valence-corrected chi connectivity index (χ2v) is 6.06. The zero-order valence-corrected chi connectivity index (χ0v) is 11.7. The minimum atomic E-state index is -0.678.